The van der Waals surface area contributed by atoms with Crippen molar-refractivity contribution in [3.05, 3.63) is 0 Å². The van der Waals surface area contributed by atoms with Crippen LogP contribution in [-0.4, -0.2) is 23.7 Å². The normalized spacial score (nSPS) is 14.7. The maximum atomic E-state index is 10.8. The minimum absolute atomic E-state index is 0.0168. The zero-order valence-electron chi connectivity index (χ0n) is 11.5. The number of nitrogens with one attached hydrogen (secondary N) is 1. The summed E-state index contributed by atoms with van der Waals surface area (Å²) in [7, 11) is 0. The van der Waals surface area contributed by atoms with Gasteiger partial charge >= 0.3 is 0 Å². The Balaban J connectivity index is 0. The van der Waals surface area contributed by atoms with Gasteiger partial charge in [-0.2, -0.15) is 0 Å². The van der Waals surface area contributed by atoms with E-state index < -0.39 is 0 Å². The second-order valence-electron chi connectivity index (χ2n) is 4.42. The molecule has 0 aromatic carbocycles. The smallest absolute Gasteiger partial charge is 0.217 e. The zero-order chi connectivity index (χ0) is 12.6. The van der Waals surface area contributed by atoms with E-state index in [0.29, 0.717) is 0 Å². The van der Waals surface area contributed by atoms with Gasteiger partial charge in [0.1, 0.15) is 0 Å². The second-order valence-corrected chi connectivity index (χ2v) is 4.42. The average molecular weight is 217 g/mol. The number of hydrogen-bond donors (Lipinski definition) is 1. The van der Waals surface area contributed by atoms with Crippen molar-refractivity contribution < 1.29 is 9.53 Å². The third-order valence-corrected chi connectivity index (χ3v) is 1.67. The summed E-state index contributed by atoms with van der Waals surface area (Å²) in [6.45, 7) is 15.4. The lowest BCUT2D eigenvalue weighted by atomic mass is 10.1. The Hall–Kier alpha value is -0.570. The number of rotatable bonds is 3. The van der Waals surface area contributed by atoms with Crippen molar-refractivity contribution in [2.75, 3.05) is 0 Å². The van der Waals surface area contributed by atoms with Gasteiger partial charge in [0.15, 0.2) is 0 Å². The highest BCUT2D eigenvalue weighted by molar-refractivity contribution is 5.73. The molecule has 0 saturated carbocycles. The van der Waals surface area contributed by atoms with Gasteiger partial charge in [-0.25, -0.2) is 0 Å². The summed E-state index contributed by atoms with van der Waals surface area (Å²) >= 11 is 0. The standard InChI is InChI=1S/C10H21NO2.C2H6/c1-7(11-9(3)12)8(2)13-10(4,5)6;1-2/h7-8H,1-6H3,(H,11,12);1-2H3. The minimum Gasteiger partial charge on any atom is -0.371 e. The largest absolute Gasteiger partial charge is 0.371 e. The van der Waals surface area contributed by atoms with Crippen LogP contribution >= 0.6 is 0 Å². The summed E-state index contributed by atoms with van der Waals surface area (Å²) in [6, 6.07) is 0.0525. The third-order valence-electron chi connectivity index (χ3n) is 1.67. The molecular formula is C12H27NO2. The van der Waals surface area contributed by atoms with E-state index in [9.17, 15) is 4.79 Å². The lowest BCUT2D eigenvalue weighted by Gasteiger charge is -2.29. The molecule has 0 spiro atoms. The van der Waals surface area contributed by atoms with Crippen LogP contribution in [0.4, 0.5) is 0 Å². The first kappa shape index (κ1) is 16.8. The first-order valence-electron chi connectivity index (χ1n) is 5.67. The second kappa shape index (κ2) is 7.69. The van der Waals surface area contributed by atoms with Crippen LogP contribution in [0.15, 0.2) is 0 Å². The zero-order valence-corrected chi connectivity index (χ0v) is 11.5. The van der Waals surface area contributed by atoms with Crippen LogP contribution in [0.3, 0.4) is 0 Å². The molecule has 0 aliphatic rings. The number of hydrogen-bond acceptors (Lipinski definition) is 2. The molecule has 0 aromatic heterocycles. The van der Waals surface area contributed by atoms with Gasteiger partial charge in [-0.3, -0.25) is 4.79 Å². The number of carbonyl (C=O) groups is 1. The molecule has 2 unspecified atom stereocenters. The Bertz CT molecular complexity index is 173. The van der Waals surface area contributed by atoms with Crippen molar-refractivity contribution >= 4 is 5.91 Å². The van der Waals surface area contributed by atoms with E-state index in [1.165, 1.54) is 6.92 Å². The molecule has 0 saturated heterocycles. The van der Waals surface area contributed by atoms with Crippen LogP contribution in [0.2, 0.25) is 0 Å². The quantitative estimate of drug-likeness (QED) is 0.789. The van der Waals surface area contributed by atoms with E-state index in [0.717, 1.165) is 0 Å². The molecule has 0 aliphatic carbocycles. The molecule has 0 fully saturated rings. The lowest BCUT2D eigenvalue weighted by Crippen LogP contribution is -2.42. The van der Waals surface area contributed by atoms with Crippen LogP contribution in [0.1, 0.15) is 55.4 Å². The van der Waals surface area contributed by atoms with E-state index >= 15 is 0 Å². The Morgan fingerprint density at radius 1 is 1.20 bits per heavy atom. The van der Waals surface area contributed by atoms with Crippen LogP contribution in [-0.2, 0) is 9.53 Å². The van der Waals surface area contributed by atoms with Gasteiger partial charge in [-0.15, -0.1) is 0 Å². The molecule has 0 aliphatic heterocycles. The number of amides is 1. The Morgan fingerprint density at radius 2 is 1.60 bits per heavy atom. The number of carbonyl (C=O) groups excluding carboxylic acids is 1. The van der Waals surface area contributed by atoms with E-state index in [1.807, 2.05) is 48.5 Å². The van der Waals surface area contributed by atoms with Crippen LogP contribution in [0.25, 0.3) is 0 Å². The average Bonchev–Trinajstić information content (AvgIpc) is 2.03. The molecule has 1 amide bonds. The van der Waals surface area contributed by atoms with Gasteiger partial charge in [0.25, 0.3) is 0 Å². The van der Waals surface area contributed by atoms with Crippen molar-refractivity contribution in [3.8, 4) is 0 Å². The summed E-state index contributed by atoms with van der Waals surface area (Å²) in [6.07, 6.45) is 0.0314. The number of ether oxygens (including phenoxy) is 1. The van der Waals surface area contributed by atoms with Gasteiger partial charge < -0.3 is 10.1 Å². The highest BCUT2D eigenvalue weighted by atomic mass is 16.5. The molecule has 0 heterocycles. The van der Waals surface area contributed by atoms with E-state index in [1.54, 1.807) is 0 Å². The van der Waals surface area contributed by atoms with Crippen LogP contribution in [0.5, 0.6) is 0 Å². The molecule has 0 aromatic rings. The third kappa shape index (κ3) is 11.4. The SMILES string of the molecule is CC.CC(=O)NC(C)C(C)OC(C)(C)C. The summed E-state index contributed by atoms with van der Waals surface area (Å²) in [5, 5.41) is 2.80. The molecule has 3 nitrogen and oxygen atoms in total. The lowest BCUT2D eigenvalue weighted by molar-refractivity contribution is -0.122. The van der Waals surface area contributed by atoms with Gasteiger partial charge in [0, 0.05) is 6.92 Å². The van der Waals surface area contributed by atoms with Crippen LogP contribution in [0, 0.1) is 0 Å². The molecule has 0 rings (SSSR count). The maximum absolute atomic E-state index is 10.8. The van der Waals surface area contributed by atoms with Gasteiger partial charge in [-0.05, 0) is 34.6 Å². The predicted molar refractivity (Wildman–Crippen MR) is 64.9 cm³/mol. The predicted octanol–water partition coefficient (Wildman–Crippen LogP) is 2.74. The minimum atomic E-state index is -0.161. The Kier molecular flexibility index (Phi) is 8.63. The summed E-state index contributed by atoms with van der Waals surface area (Å²) in [5.74, 6) is -0.0168. The molecule has 0 radical (unpaired) electrons. The van der Waals surface area contributed by atoms with Gasteiger partial charge in [0.2, 0.25) is 5.91 Å². The van der Waals surface area contributed by atoms with E-state index in [-0.39, 0.29) is 23.7 Å². The van der Waals surface area contributed by atoms with Gasteiger partial charge in [-0.1, -0.05) is 13.8 Å². The first-order valence-corrected chi connectivity index (χ1v) is 5.67. The van der Waals surface area contributed by atoms with Crippen molar-refractivity contribution in [1.29, 1.82) is 0 Å². The maximum Gasteiger partial charge on any atom is 0.217 e. The van der Waals surface area contributed by atoms with Gasteiger partial charge in [0.05, 0.1) is 17.7 Å². The molecule has 15 heavy (non-hydrogen) atoms. The molecular weight excluding hydrogens is 190 g/mol. The van der Waals surface area contributed by atoms with Crippen molar-refractivity contribution in [1.82, 2.24) is 5.32 Å². The highest BCUT2D eigenvalue weighted by Gasteiger charge is 2.20. The summed E-state index contributed by atoms with van der Waals surface area (Å²) in [5.41, 5.74) is -0.161. The monoisotopic (exact) mass is 217 g/mol. The fourth-order valence-electron chi connectivity index (χ4n) is 1.10. The molecule has 2 atom stereocenters. The van der Waals surface area contributed by atoms with Crippen LogP contribution < -0.4 is 5.32 Å². The highest BCUT2D eigenvalue weighted by Crippen LogP contribution is 2.12. The molecule has 92 valence electrons. The Labute approximate surface area is 94.6 Å². The van der Waals surface area contributed by atoms with Crippen molar-refractivity contribution in [3.63, 3.8) is 0 Å². The summed E-state index contributed by atoms with van der Waals surface area (Å²) < 4.78 is 5.69. The Morgan fingerprint density at radius 3 is 1.87 bits per heavy atom. The fourth-order valence-corrected chi connectivity index (χ4v) is 1.10. The van der Waals surface area contributed by atoms with E-state index in [4.69, 9.17) is 4.74 Å². The van der Waals surface area contributed by atoms with Crippen molar-refractivity contribution in [2.24, 2.45) is 0 Å². The molecule has 0 bridgehead atoms. The fraction of sp³-hybridized carbons (Fsp3) is 0.917. The topological polar surface area (TPSA) is 38.3 Å². The molecule has 1 N–H and O–H groups in total. The van der Waals surface area contributed by atoms with Crippen molar-refractivity contribution in [2.45, 2.75) is 73.1 Å². The molecule has 3 heteroatoms. The first-order chi connectivity index (χ1) is 6.72. The van der Waals surface area contributed by atoms with E-state index in [2.05, 4.69) is 5.32 Å². The summed E-state index contributed by atoms with van der Waals surface area (Å²) in [4.78, 5) is 10.8.